The third-order valence-electron chi connectivity index (χ3n) is 4.16. The number of nitrogens with zero attached hydrogens (tertiary/aromatic N) is 3. The van der Waals surface area contributed by atoms with Gasteiger partial charge in [-0.3, -0.25) is 0 Å². The molecule has 0 spiro atoms. The van der Waals surface area contributed by atoms with Gasteiger partial charge in [0.2, 0.25) is 0 Å². The largest absolute Gasteiger partial charge is 0.364 e. The highest BCUT2D eigenvalue weighted by Crippen LogP contribution is 2.37. The van der Waals surface area contributed by atoms with Gasteiger partial charge in [0.1, 0.15) is 4.60 Å². The number of imidazole rings is 1. The van der Waals surface area contributed by atoms with Crippen molar-refractivity contribution >= 4 is 27.4 Å². The Morgan fingerprint density at radius 1 is 1.42 bits per heavy atom. The molecule has 5 heteroatoms. The smallest absolute Gasteiger partial charge is 0.180 e. The highest BCUT2D eigenvalue weighted by molar-refractivity contribution is 9.10. The Balaban J connectivity index is 1.94. The molecule has 3 rings (SSSR count). The van der Waals surface area contributed by atoms with Crippen molar-refractivity contribution < 1.29 is 0 Å². The van der Waals surface area contributed by atoms with Gasteiger partial charge in [0.15, 0.2) is 11.5 Å². The first-order valence-electron chi connectivity index (χ1n) is 6.82. The van der Waals surface area contributed by atoms with Crippen molar-refractivity contribution in [3.05, 3.63) is 23.2 Å². The number of nitrogens with one attached hydrogen (secondary N) is 1. The molecule has 0 bridgehead atoms. The van der Waals surface area contributed by atoms with Crippen molar-refractivity contribution in [1.82, 2.24) is 14.4 Å². The van der Waals surface area contributed by atoms with E-state index in [9.17, 15) is 0 Å². The molecule has 0 saturated heterocycles. The van der Waals surface area contributed by atoms with Crippen molar-refractivity contribution in [3.8, 4) is 0 Å². The zero-order valence-corrected chi connectivity index (χ0v) is 12.9. The number of hydrogen-bond acceptors (Lipinski definition) is 3. The van der Waals surface area contributed by atoms with Gasteiger partial charge >= 0.3 is 0 Å². The molecule has 4 nitrogen and oxygen atoms in total. The van der Waals surface area contributed by atoms with Crippen LogP contribution in [0.2, 0.25) is 0 Å². The average Bonchev–Trinajstić information content (AvgIpc) is 2.79. The van der Waals surface area contributed by atoms with E-state index in [1.54, 1.807) is 6.20 Å². The van der Waals surface area contributed by atoms with E-state index >= 15 is 0 Å². The minimum absolute atomic E-state index is 0.311. The van der Waals surface area contributed by atoms with E-state index in [0.717, 1.165) is 16.1 Å². The SMILES string of the molecule is CC1(C)CCCCC1Nc1nc(Br)cn2ccnc12. The minimum atomic E-state index is 0.311. The average molecular weight is 323 g/mol. The molecule has 1 aliphatic rings. The van der Waals surface area contributed by atoms with Crippen molar-refractivity contribution in [1.29, 1.82) is 0 Å². The van der Waals surface area contributed by atoms with Gasteiger partial charge in [-0.15, -0.1) is 0 Å². The first-order chi connectivity index (χ1) is 9.06. The molecule has 1 fully saturated rings. The van der Waals surface area contributed by atoms with Crippen LogP contribution in [0.5, 0.6) is 0 Å². The van der Waals surface area contributed by atoms with Crippen LogP contribution >= 0.6 is 15.9 Å². The van der Waals surface area contributed by atoms with E-state index in [0.29, 0.717) is 11.5 Å². The molecule has 1 saturated carbocycles. The van der Waals surface area contributed by atoms with Crippen LogP contribution in [0.4, 0.5) is 5.82 Å². The summed E-state index contributed by atoms with van der Waals surface area (Å²) in [7, 11) is 0. The molecule has 1 aliphatic carbocycles. The van der Waals surface area contributed by atoms with E-state index in [4.69, 9.17) is 0 Å². The van der Waals surface area contributed by atoms with Gasteiger partial charge in [-0.2, -0.15) is 0 Å². The van der Waals surface area contributed by atoms with Crippen LogP contribution in [-0.4, -0.2) is 20.4 Å². The quantitative estimate of drug-likeness (QED) is 0.912. The van der Waals surface area contributed by atoms with Crippen LogP contribution in [0.15, 0.2) is 23.2 Å². The third-order valence-corrected chi connectivity index (χ3v) is 4.54. The van der Waals surface area contributed by atoms with Crippen molar-refractivity contribution in [2.24, 2.45) is 5.41 Å². The van der Waals surface area contributed by atoms with Crippen molar-refractivity contribution in [3.63, 3.8) is 0 Å². The summed E-state index contributed by atoms with van der Waals surface area (Å²) in [5.74, 6) is 0.874. The highest BCUT2D eigenvalue weighted by atomic mass is 79.9. The second-order valence-electron chi connectivity index (χ2n) is 6.00. The maximum absolute atomic E-state index is 4.56. The van der Waals surface area contributed by atoms with Gasteiger partial charge in [-0.1, -0.05) is 26.7 Å². The fraction of sp³-hybridized carbons (Fsp3) is 0.571. The third kappa shape index (κ3) is 2.48. The van der Waals surface area contributed by atoms with Gasteiger partial charge in [0.25, 0.3) is 0 Å². The van der Waals surface area contributed by atoms with E-state index in [-0.39, 0.29) is 0 Å². The highest BCUT2D eigenvalue weighted by Gasteiger charge is 2.32. The number of hydrogen-bond donors (Lipinski definition) is 1. The number of aromatic nitrogens is 3. The summed E-state index contributed by atoms with van der Waals surface area (Å²) in [6.07, 6.45) is 10.8. The van der Waals surface area contributed by atoms with Crippen LogP contribution in [0.3, 0.4) is 0 Å². The first kappa shape index (κ1) is 12.9. The molecule has 19 heavy (non-hydrogen) atoms. The van der Waals surface area contributed by atoms with Gasteiger partial charge in [-0.05, 0) is 34.2 Å². The van der Waals surface area contributed by atoms with E-state index in [1.165, 1.54) is 25.7 Å². The molecule has 0 aliphatic heterocycles. The molecule has 0 aromatic carbocycles. The normalized spacial score (nSPS) is 22.6. The Kier molecular flexibility index (Phi) is 3.25. The van der Waals surface area contributed by atoms with Crippen LogP contribution in [-0.2, 0) is 0 Å². The predicted octanol–water partition coefficient (Wildman–Crippen LogP) is 3.87. The minimum Gasteiger partial charge on any atom is -0.364 e. The second kappa shape index (κ2) is 4.78. The van der Waals surface area contributed by atoms with Crippen molar-refractivity contribution in [2.75, 3.05) is 5.32 Å². The predicted molar refractivity (Wildman–Crippen MR) is 80.3 cm³/mol. The van der Waals surface area contributed by atoms with Gasteiger partial charge in [-0.25, -0.2) is 9.97 Å². The molecule has 2 aromatic heterocycles. The Hall–Kier alpha value is -1.10. The molecular weight excluding hydrogens is 304 g/mol. The van der Waals surface area contributed by atoms with Crippen LogP contribution in [0, 0.1) is 5.41 Å². The zero-order chi connectivity index (χ0) is 13.5. The molecular formula is C14H19BrN4. The summed E-state index contributed by atoms with van der Waals surface area (Å²) in [6, 6.07) is 0.462. The summed E-state index contributed by atoms with van der Waals surface area (Å²) in [5, 5.41) is 3.62. The molecule has 0 radical (unpaired) electrons. The van der Waals surface area contributed by atoms with E-state index < -0.39 is 0 Å². The Bertz CT molecular complexity index is 590. The summed E-state index contributed by atoms with van der Waals surface area (Å²) >= 11 is 3.46. The lowest BCUT2D eigenvalue weighted by molar-refractivity contribution is 0.216. The lowest BCUT2D eigenvalue weighted by atomic mass is 9.73. The first-order valence-corrected chi connectivity index (χ1v) is 7.61. The summed E-state index contributed by atoms with van der Waals surface area (Å²) in [6.45, 7) is 4.68. The number of anilines is 1. The Labute approximate surface area is 121 Å². The lowest BCUT2D eigenvalue weighted by Crippen LogP contribution is -2.39. The molecule has 0 amide bonds. The molecule has 1 unspecified atom stereocenters. The van der Waals surface area contributed by atoms with Crippen LogP contribution < -0.4 is 5.32 Å². The maximum atomic E-state index is 4.56. The molecule has 1 atom stereocenters. The number of rotatable bonds is 2. The molecule has 2 aromatic rings. The molecule has 102 valence electrons. The summed E-state index contributed by atoms with van der Waals surface area (Å²) in [5.41, 5.74) is 1.20. The standard InChI is InChI=1S/C14H19BrN4/c1-14(2)6-4-3-5-10(14)17-12-13-16-7-8-19(13)9-11(15)18-12/h7-10H,3-6H2,1-2H3,(H,17,18). The fourth-order valence-electron chi connectivity index (χ4n) is 2.92. The monoisotopic (exact) mass is 322 g/mol. The lowest BCUT2D eigenvalue weighted by Gasteiger charge is -2.39. The second-order valence-corrected chi connectivity index (χ2v) is 6.81. The van der Waals surface area contributed by atoms with Crippen LogP contribution in [0.25, 0.3) is 5.65 Å². The van der Waals surface area contributed by atoms with E-state index in [1.807, 2.05) is 16.8 Å². The summed E-state index contributed by atoms with van der Waals surface area (Å²) in [4.78, 5) is 8.95. The Morgan fingerprint density at radius 2 is 2.26 bits per heavy atom. The van der Waals surface area contributed by atoms with Gasteiger partial charge < -0.3 is 9.72 Å². The summed E-state index contributed by atoms with van der Waals surface area (Å²) < 4.78 is 2.82. The zero-order valence-electron chi connectivity index (χ0n) is 11.4. The Morgan fingerprint density at radius 3 is 3.05 bits per heavy atom. The van der Waals surface area contributed by atoms with Crippen molar-refractivity contribution in [2.45, 2.75) is 45.6 Å². The maximum Gasteiger partial charge on any atom is 0.180 e. The van der Waals surface area contributed by atoms with Gasteiger partial charge in [0, 0.05) is 24.6 Å². The molecule has 2 heterocycles. The number of fused-ring (bicyclic) bond motifs is 1. The van der Waals surface area contributed by atoms with Gasteiger partial charge in [0.05, 0.1) is 0 Å². The van der Waals surface area contributed by atoms with Crippen LogP contribution in [0.1, 0.15) is 39.5 Å². The number of halogens is 1. The van der Waals surface area contributed by atoms with E-state index in [2.05, 4.69) is 45.1 Å². The topological polar surface area (TPSA) is 42.2 Å². The fourth-order valence-corrected chi connectivity index (χ4v) is 3.32. The molecule has 1 N–H and O–H groups in total.